The molecule has 6 nitrogen and oxygen atoms in total. The zero-order valence-corrected chi connectivity index (χ0v) is 15.8. The molecule has 0 aliphatic rings. The molecule has 25 heavy (non-hydrogen) atoms. The number of hydrogen-bond donors (Lipinski definition) is 2. The summed E-state index contributed by atoms with van der Waals surface area (Å²) in [6.45, 7) is 8.30. The Morgan fingerprint density at radius 2 is 1.72 bits per heavy atom. The van der Waals surface area contributed by atoms with Crippen molar-refractivity contribution in [1.82, 2.24) is 14.9 Å². The van der Waals surface area contributed by atoms with Crippen LogP contribution in [0, 0.1) is 0 Å². The molecule has 0 amide bonds. The molecule has 1 aromatic heterocycles. The normalized spacial score (nSPS) is 10.8. The molecule has 1 heterocycles. The van der Waals surface area contributed by atoms with Gasteiger partial charge in [-0.05, 0) is 71.2 Å². The standard InChI is InChI=1S/C19H30N6/c1-5-25(6-2)17-10-8-16(9-11-17)22-19-21-14-12-18(23-19)20-13-7-15-24(3)4/h8-12,14H,5-7,13,15H2,1-4H3,(H2,20,21,22,23). The summed E-state index contributed by atoms with van der Waals surface area (Å²) in [4.78, 5) is 13.3. The van der Waals surface area contributed by atoms with Gasteiger partial charge in [-0.3, -0.25) is 0 Å². The Kier molecular flexibility index (Phi) is 7.47. The number of aromatic nitrogens is 2. The minimum atomic E-state index is 0.605. The van der Waals surface area contributed by atoms with Crippen LogP contribution in [0.2, 0.25) is 0 Å². The van der Waals surface area contributed by atoms with E-state index in [1.165, 1.54) is 5.69 Å². The Balaban J connectivity index is 1.92. The van der Waals surface area contributed by atoms with Crippen molar-refractivity contribution in [2.75, 3.05) is 55.8 Å². The summed E-state index contributed by atoms with van der Waals surface area (Å²) in [6, 6.07) is 10.3. The molecule has 1 aromatic carbocycles. The quantitative estimate of drug-likeness (QED) is 0.645. The van der Waals surface area contributed by atoms with Crippen molar-refractivity contribution in [3.8, 4) is 0 Å². The molecule has 6 heteroatoms. The molecular formula is C19H30N6. The van der Waals surface area contributed by atoms with Crippen LogP contribution in [0.4, 0.5) is 23.1 Å². The maximum Gasteiger partial charge on any atom is 0.229 e. The topological polar surface area (TPSA) is 56.3 Å². The van der Waals surface area contributed by atoms with Crippen molar-refractivity contribution in [2.45, 2.75) is 20.3 Å². The fourth-order valence-electron chi connectivity index (χ4n) is 2.60. The van der Waals surface area contributed by atoms with Crippen molar-refractivity contribution in [2.24, 2.45) is 0 Å². The van der Waals surface area contributed by atoms with Gasteiger partial charge in [0, 0.05) is 37.2 Å². The average molecular weight is 342 g/mol. The van der Waals surface area contributed by atoms with Crippen molar-refractivity contribution in [1.29, 1.82) is 0 Å². The van der Waals surface area contributed by atoms with E-state index in [0.29, 0.717) is 5.95 Å². The van der Waals surface area contributed by atoms with Gasteiger partial charge in [0.1, 0.15) is 5.82 Å². The maximum absolute atomic E-state index is 4.52. The number of benzene rings is 1. The SMILES string of the molecule is CCN(CC)c1ccc(Nc2nccc(NCCCN(C)C)n2)cc1. The number of nitrogens with zero attached hydrogens (tertiary/aromatic N) is 4. The van der Waals surface area contributed by atoms with E-state index in [1.807, 2.05) is 6.07 Å². The van der Waals surface area contributed by atoms with E-state index < -0.39 is 0 Å². The van der Waals surface area contributed by atoms with Crippen LogP contribution < -0.4 is 15.5 Å². The van der Waals surface area contributed by atoms with E-state index >= 15 is 0 Å². The molecule has 0 aliphatic heterocycles. The molecular weight excluding hydrogens is 312 g/mol. The highest BCUT2D eigenvalue weighted by Gasteiger charge is 2.03. The first-order valence-electron chi connectivity index (χ1n) is 8.96. The lowest BCUT2D eigenvalue weighted by Gasteiger charge is -2.21. The number of rotatable bonds is 10. The summed E-state index contributed by atoms with van der Waals surface area (Å²) in [7, 11) is 4.16. The monoisotopic (exact) mass is 342 g/mol. The summed E-state index contributed by atoms with van der Waals surface area (Å²) in [5, 5.41) is 6.61. The van der Waals surface area contributed by atoms with Crippen molar-refractivity contribution < 1.29 is 0 Å². The third-order valence-corrected chi connectivity index (χ3v) is 4.00. The molecule has 2 aromatic rings. The Labute approximate surface area is 151 Å². The van der Waals surface area contributed by atoms with Gasteiger partial charge in [0.05, 0.1) is 0 Å². The molecule has 0 fully saturated rings. The molecule has 0 aliphatic carbocycles. The number of hydrogen-bond acceptors (Lipinski definition) is 6. The average Bonchev–Trinajstić information content (AvgIpc) is 2.61. The Morgan fingerprint density at radius 1 is 1.00 bits per heavy atom. The van der Waals surface area contributed by atoms with Crippen molar-refractivity contribution in [3.05, 3.63) is 36.5 Å². The molecule has 0 unspecified atom stereocenters. The van der Waals surface area contributed by atoms with E-state index in [0.717, 1.165) is 44.1 Å². The van der Waals surface area contributed by atoms with Crippen molar-refractivity contribution in [3.63, 3.8) is 0 Å². The van der Waals surface area contributed by atoms with Gasteiger partial charge in [-0.15, -0.1) is 0 Å². The van der Waals surface area contributed by atoms with E-state index in [2.05, 4.69) is 82.6 Å². The largest absolute Gasteiger partial charge is 0.372 e. The lowest BCUT2D eigenvalue weighted by atomic mass is 10.2. The van der Waals surface area contributed by atoms with Gasteiger partial charge in [-0.1, -0.05) is 0 Å². The molecule has 136 valence electrons. The van der Waals surface area contributed by atoms with Crippen molar-refractivity contribution >= 4 is 23.1 Å². The van der Waals surface area contributed by atoms with Crippen LogP contribution in [0.3, 0.4) is 0 Å². The first-order valence-corrected chi connectivity index (χ1v) is 8.96. The summed E-state index contributed by atoms with van der Waals surface area (Å²) in [5.74, 6) is 1.45. The highest BCUT2D eigenvalue weighted by atomic mass is 15.1. The second-order valence-corrected chi connectivity index (χ2v) is 6.19. The number of nitrogens with one attached hydrogen (secondary N) is 2. The highest BCUT2D eigenvalue weighted by Crippen LogP contribution is 2.20. The van der Waals surface area contributed by atoms with Crippen LogP contribution in [0.5, 0.6) is 0 Å². The van der Waals surface area contributed by atoms with Gasteiger partial charge in [0.2, 0.25) is 5.95 Å². The zero-order chi connectivity index (χ0) is 18.1. The smallest absolute Gasteiger partial charge is 0.229 e. The first kappa shape index (κ1) is 19.0. The zero-order valence-electron chi connectivity index (χ0n) is 15.8. The van der Waals surface area contributed by atoms with Gasteiger partial charge in [-0.25, -0.2) is 4.98 Å². The first-order chi connectivity index (χ1) is 12.1. The molecule has 0 atom stereocenters. The van der Waals surface area contributed by atoms with Crippen LogP contribution in [0.25, 0.3) is 0 Å². The van der Waals surface area contributed by atoms with Crippen LogP contribution in [0.15, 0.2) is 36.5 Å². The van der Waals surface area contributed by atoms with Gasteiger partial charge in [-0.2, -0.15) is 4.98 Å². The Morgan fingerprint density at radius 3 is 2.36 bits per heavy atom. The molecule has 0 spiro atoms. The molecule has 0 saturated heterocycles. The van der Waals surface area contributed by atoms with E-state index in [9.17, 15) is 0 Å². The second-order valence-electron chi connectivity index (χ2n) is 6.19. The van der Waals surface area contributed by atoms with E-state index in [-0.39, 0.29) is 0 Å². The van der Waals surface area contributed by atoms with Crippen LogP contribution in [-0.2, 0) is 0 Å². The third-order valence-electron chi connectivity index (χ3n) is 4.00. The Hall–Kier alpha value is -2.34. The summed E-state index contributed by atoms with van der Waals surface area (Å²) < 4.78 is 0. The highest BCUT2D eigenvalue weighted by molar-refractivity contribution is 5.59. The predicted octanol–water partition coefficient (Wildman–Crippen LogP) is 3.43. The summed E-state index contributed by atoms with van der Waals surface area (Å²) >= 11 is 0. The van der Waals surface area contributed by atoms with Gasteiger partial charge >= 0.3 is 0 Å². The minimum Gasteiger partial charge on any atom is -0.372 e. The molecule has 0 bridgehead atoms. The molecule has 2 rings (SSSR count). The Bertz CT molecular complexity index is 622. The lowest BCUT2D eigenvalue weighted by Crippen LogP contribution is -2.21. The van der Waals surface area contributed by atoms with E-state index in [1.54, 1.807) is 6.20 Å². The third kappa shape index (κ3) is 6.23. The second kappa shape index (κ2) is 9.84. The van der Waals surface area contributed by atoms with Gasteiger partial charge in [0.15, 0.2) is 0 Å². The van der Waals surface area contributed by atoms with Crippen LogP contribution >= 0.6 is 0 Å². The summed E-state index contributed by atoms with van der Waals surface area (Å²) in [6.07, 6.45) is 2.85. The lowest BCUT2D eigenvalue weighted by molar-refractivity contribution is 0.405. The van der Waals surface area contributed by atoms with Gasteiger partial charge < -0.3 is 20.4 Å². The van der Waals surface area contributed by atoms with Gasteiger partial charge in [0.25, 0.3) is 0 Å². The van der Waals surface area contributed by atoms with Crippen LogP contribution in [-0.4, -0.2) is 55.1 Å². The number of anilines is 4. The summed E-state index contributed by atoms with van der Waals surface area (Å²) in [5.41, 5.74) is 2.22. The predicted molar refractivity (Wildman–Crippen MR) is 107 cm³/mol. The maximum atomic E-state index is 4.52. The molecule has 0 saturated carbocycles. The minimum absolute atomic E-state index is 0.605. The fraction of sp³-hybridized carbons (Fsp3) is 0.474. The molecule has 0 radical (unpaired) electrons. The van der Waals surface area contributed by atoms with Crippen LogP contribution in [0.1, 0.15) is 20.3 Å². The van der Waals surface area contributed by atoms with E-state index in [4.69, 9.17) is 0 Å². The molecule has 2 N–H and O–H groups in total. The fourth-order valence-corrected chi connectivity index (χ4v) is 2.60.